The number of likely N-dealkylation sites (tertiary alicyclic amines) is 1. The third-order valence-electron chi connectivity index (χ3n) is 4.51. The number of nitrogens with one attached hydrogen (secondary N) is 2. The minimum atomic E-state index is -0.516. The van der Waals surface area contributed by atoms with Gasteiger partial charge in [0.05, 0.1) is 12.6 Å². The Bertz CT molecular complexity index is 606. The van der Waals surface area contributed by atoms with Crippen LogP contribution in [0.3, 0.4) is 0 Å². The van der Waals surface area contributed by atoms with Crippen LogP contribution in [0.25, 0.3) is 0 Å². The van der Waals surface area contributed by atoms with E-state index in [0.29, 0.717) is 26.1 Å². The van der Waals surface area contributed by atoms with Gasteiger partial charge in [0.1, 0.15) is 23.6 Å². The third kappa shape index (κ3) is 8.51. The molecule has 8 nitrogen and oxygen atoms in total. The molecule has 1 fully saturated rings. The summed E-state index contributed by atoms with van der Waals surface area (Å²) >= 11 is 0. The number of amides is 2. The molecule has 1 unspecified atom stereocenters. The van der Waals surface area contributed by atoms with Crippen LogP contribution in [0.2, 0.25) is 0 Å². The predicted octanol–water partition coefficient (Wildman–Crippen LogP) is 3.17. The zero-order valence-electron chi connectivity index (χ0n) is 18.7. The van der Waals surface area contributed by atoms with Crippen molar-refractivity contribution in [2.24, 2.45) is 0 Å². The zero-order valence-corrected chi connectivity index (χ0v) is 18.7. The van der Waals surface area contributed by atoms with E-state index in [4.69, 9.17) is 14.2 Å². The summed E-state index contributed by atoms with van der Waals surface area (Å²) in [5.74, 6) is 0.856. The standard InChI is InChI=1S/C21H37N3O5/c1-20(2,3)28-18(25)23-15-9-10-17(27-14-15)13-22-12-16-8-7-11-24(16)19(26)29-21(4,5)6/h10,15-16,22H,7-9,11-14H2,1-6H3,(H,23,25)/t15-,16?/m1/s1. The summed E-state index contributed by atoms with van der Waals surface area (Å²) in [6.45, 7) is 13.6. The molecule has 0 bridgehead atoms. The molecule has 0 aliphatic carbocycles. The molecule has 1 saturated heterocycles. The van der Waals surface area contributed by atoms with E-state index in [1.165, 1.54) is 0 Å². The van der Waals surface area contributed by atoms with Gasteiger partial charge in [-0.1, -0.05) is 0 Å². The lowest BCUT2D eigenvalue weighted by Gasteiger charge is -2.29. The Morgan fingerprint density at radius 3 is 2.45 bits per heavy atom. The highest BCUT2D eigenvalue weighted by molar-refractivity contribution is 5.69. The minimum Gasteiger partial charge on any atom is -0.495 e. The molecule has 0 spiro atoms. The van der Waals surface area contributed by atoms with Crippen LogP contribution in [0, 0.1) is 0 Å². The fourth-order valence-corrected chi connectivity index (χ4v) is 3.28. The largest absolute Gasteiger partial charge is 0.495 e. The van der Waals surface area contributed by atoms with Gasteiger partial charge in [0.15, 0.2) is 0 Å². The van der Waals surface area contributed by atoms with Crippen LogP contribution >= 0.6 is 0 Å². The van der Waals surface area contributed by atoms with E-state index in [-0.39, 0.29) is 18.2 Å². The normalized spacial score (nSPS) is 22.6. The number of carbonyl (C=O) groups excluding carboxylic acids is 2. The molecule has 0 aromatic carbocycles. The van der Waals surface area contributed by atoms with Crippen LogP contribution in [0.1, 0.15) is 60.8 Å². The molecule has 29 heavy (non-hydrogen) atoms. The van der Waals surface area contributed by atoms with Crippen molar-refractivity contribution in [2.75, 3.05) is 26.2 Å². The average Bonchev–Trinajstić information content (AvgIpc) is 3.02. The second-order valence-corrected chi connectivity index (χ2v) is 9.66. The van der Waals surface area contributed by atoms with Crippen LogP contribution in [-0.2, 0) is 14.2 Å². The quantitative estimate of drug-likeness (QED) is 0.722. The van der Waals surface area contributed by atoms with E-state index >= 15 is 0 Å². The number of alkyl carbamates (subject to hydrolysis) is 1. The lowest BCUT2D eigenvalue weighted by Crippen LogP contribution is -2.45. The number of nitrogens with zero attached hydrogens (tertiary/aromatic N) is 1. The van der Waals surface area contributed by atoms with Crippen molar-refractivity contribution in [3.63, 3.8) is 0 Å². The van der Waals surface area contributed by atoms with E-state index in [1.54, 1.807) is 0 Å². The van der Waals surface area contributed by atoms with E-state index < -0.39 is 17.3 Å². The van der Waals surface area contributed by atoms with Gasteiger partial charge in [0.2, 0.25) is 0 Å². The maximum atomic E-state index is 12.3. The number of ether oxygens (including phenoxy) is 3. The smallest absolute Gasteiger partial charge is 0.410 e. The van der Waals surface area contributed by atoms with E-state index in [2.05, 4.69) is 10.6 Å². The Hall–Kier alpha value is -1.96. The summed E-state index contributed by atoms with van der Waals surface area (Å²) in [4.78, 5) is 26.0. The number of hydrogen-bond acceptors (Lipinski definition) is 6. The van der Waals surface area contributed by atoms with Crippen LogP contribution < -0.4 is 10.6 Å². The van der Waals surface area contributed by atoms with Gasteiger partial charge in [0, 0.05) is 19.1 Å². The highest BCUT2D eigenvalue weighted by Gasteiger charge is 2.32. The summed E-state index contributed by atoms with van der Waals surface area (Å²) in [5.41, 5.74) is -1.000. The van der Waals surface area contributed by atoms with Gasteiger partial charge in [-0.2, -0.15) is 0 Å². The Labute approximate surface area is 174 Å². The molecule has 2 atom stereocenters. The number of carbonyl (C=O) groups is 2. The van der Waals surface area contributed by atoms with Gasteiger partial charge in [-0.25, -0.2) is 9.59 Å². The van der Waals surface area contributed by atoms with E-state index in [0.717, 1.165) is 25.1 Å². The number of hydrogen-bond donors (Lipinski definition) is 2. The molecule has 2 N–H and O–H groups in total. The van der Waals surface area contributed by atoms with Gasteiger partial charge in [-0.15, -0.1) is 0 Å². The summed E-state index contributed by atoms with van der Waals surface area (Å²) in [6, 6.07) is 0.0433. The van der Waals surface area contributed by atoms with Crippen molar-refractivity contribution < 1.29 is 23.8 Å². The first-order chi connectivity index (χ1) is 13.4. The Morgan fingerprint density at radius 2 is 1.86 bits per heavy atom. The fraction of sp³-hybridized carbons (Fsp3) is 0.810. The molecule has 166 valence electrons. The summed E-state index contributed by atoms with van der Waals surface area (Å²) in [5, 5.41) is 6.20. The summed E-state index contributed by atoms with van der Waals surface area (Å²) in [7, 11) is 0. The molecule has 8 heteroatoms. The van der Waals surface area contributed by atoms with E-state index in [9.17, 15) is 9.59 Å². The zero-order chi connectivity index (χ0) is 21.7. The van der Waals surface area contributed by atoms with Crippen LogP contribution in [0.4, 0.5) is 9.59 Å². The summed E-state index contributed by atoms with van der Waals surface area (Å²) < 4.78 is 16.5. The van der Waals surface area contributed by atoms with Gasteiger partial charge in [0.25, 0.3) is 0 Å². The second kappa shape index (κ2) is 9.69. The molecule has 0 radical (unpaired) electrons. The molecule has 0 saturated carbocycles. The lowest BCUT2D eigenvalue weighted by atomic mass is 10.1. The maximum Gasteiger partial charge on any atom is 0.410 e. The Balaban J connectivity index is 1.71. The second-order valence-electron chi connectivity index (χ2n) is 9.66. The molecular formula is C21H37N3O5. The highest BCUT2D eigenvalue weighted by Crippen LogP contribution is 2.20. The topological polar surface area (TPSA) is 89.1 Å². The first-order valence-corrected chi connectivity index (χ1v) is 10.4. The van der Waals surface area contributed by atoms with Gasteiger partial charge >= 0.3 is 12.2 Å². The Morgan fingerprint density at radius 1 is 1.17 bits per heavy atom. The molecule has 2 amide bonds. The van der Waals surface area contributed by atoms with Crippen molar-refractivity contribution in [3.05, 3.63) is 11.8 Å². The summed E-state index contributed by atoms with van der Waals surface area (Å²) in [6.07, 6.45) is 3.97. The van der Waals surface area contributed by atoms with Crippen LogP contribution in [-0.4, -0.2) is 66.6 Å². The van der Waals surface area contributed by atoms with E-state index in [1.807, 2.05) is 52.5 Å². The third-order valence-corrected chi connectivity index (χ3v) is 4.51. The van der Waals surface area contributed by atoms with Crippen LogP contribution in [0.5, 0.6) is 0 Å². The van der Waals surface area contributed by atoms with Crippen molar-refractivity contribution >= 4 is 12.2 Å². The molecule has 2 aliphatic rings. The average molecular weight is 412 g/mol. The monoisotopic (exact) mass is 411 g/mol. The SMILES string of the molecule is CC(C)(C)OC(=O)N[C@@H]1CC=C(CNCC2CCCN2C(=O)OC(C)(C)C)OC1. The molecule has 0 aromatic heterocycles. The van der Waals surface area contributed by atoms with Gasteiger partial charge in [-0.3, -0.25) is 0 Å². The van der Waals surface area contributed by atoms with Crippen molar-refractivity contribution in [3.8, 4) is 0 Å². The van der Waals surface area contributed by atoms with Gasteiger partial charge < -0.3 is 29.7 Å². The Kier molecular flexibility index (Phi) is 7.80. The molecule has 2 heterocycles. The molecule has 2 aliphatic heterocycles. The minimum absolute atomic E-state index is 0.0916. The molecule has 0 aromatic rings. The van der Waals surface area contributed by atoms with Crippen molar-refractivity contribution in [1.82, 2.24) is 15.5 Å². The maximum absolute atomic E-state index is 12.3. The van der Waals surface area contributed by atoms with Crippen molar-refractivity contribution in [2.45, 2.75) is 84.1 Å². The molecular weight excluding hydrogens is 374 g/mol. The first-order valence-electron chi connectivity index (χ1n) is 10.4. The number of rotatable bonds is 5. The highest BCUT2D eigenvalue weighted by atomic mass is 16.6. The molecule has 2 rings (SSSR count). The van der Waals surface area contributed by atoms with Gasteiger partial charge in [-0.05, 0) is 66.9 Å². The van der Waals surface area contributed by atoms with Crippen LogP contribution in [0.15, 0.2) is 11.8 Å². The lowest BCUT2D eigenvalue weighted by molar-refractivity contribution is 0.0225. The first kappa shape index (κ1) is 23.3. The predicted molar refractivity (Wildman–Crippen MR) is 111 cm³/mol. The fourth-order valence-electron chi connectivity index (χ4n) is 3.28. The van der Waals surface area contributed by atoms with Crippen molar-refractivity contribution in [1.29, 1.82) is 0 Å².